The van der Waals surface area contributed by atoms with Gasteiger partial charge in [-0.05, 0) is 130 Å². The zero-order valence-corrected chi connectivity index (χ0v) is 45.0. The topological polar surface area (TPSA) is 6.48 Å². The van der Waals surface area contributed by atoms with E-state index in [0.717, 1.165) is 5.69 Å². The number of hydrogen-bond donors (Lipinski definition) is 0. The molecule has 0 bridgehead atoms. The Kier molecular flexibility index (Phi) is 11.6. The van der Waals surface area contributed by atoms with Crippen molar-refractivity contribution in [2.75, 3.05) is 9.80 Å². The molecule has 2 aliphatic heterocycles. The molecule has 0 aromatic heterocycles. The minimum Gasteiger partial charge on any atom is -0.311 e. The second-order valence-electron chi connectivity index (χ2n) is 24.7. The molecule has 0 saturated carbocycles. The third-order valence-corrected chi connectivity index (χ3v) is 15.5. The first-order valence-corrected chi connectivity index (χ1v) is 26.4. The van der Waals surface area contributed by atoms with E-state index >= 15 is 0 Å². The predicted octanol–water partition coefficient (Wildman–Crippen LogP) is 17.6. The summed E-state index contributed by atoms with van der Waals surface area (Å²) in [5.41, 5.74) is 25.9. The maximum absolute atomic E-state index is 2.66. The Morgan fingerprint density at radius 2 is 0.781 bits per heavy atom. The fraction of sp³-hybridized carbons (Fsp3) is 0.229. The highest BCUT2D eigenvalue weighted by molar-refractivity contribution is 7.00. The molecule has 3 heteroatoms. The van der Waals surface area contributed by atoms with E-state index < -0.39 is 0 Å². The van der Waals surface area contributed by atoms with Gasteiger partial charge in [-0.2, -0.15) is 0 Å². The maximum atomic E-state index is 2.66. The normalized spacial score (nSPS) is 13.4. The van der Waals surface area contributed by atoms with Gasteiger partial charge < -0.3 is 9.80 Å². The van der Waals surface area contributed by atoms with E-state index in [4.69, 9.17) is 0 Å². The lowest BCUT2D eigenvalue weighted by Crippen LogP contribution is -2.61. The van der Waals surface area contributed by atoms with E-state index in [2.05, 4.69) is 293 Å². The molecule has 362 valence electrons. The summed E-state index contributed by atoms with van der Waals surface area (Å²) in [6.07, 6.45) is 0. The Bertz CT molecular complexity index is 3470. The summed E-state index contributed by atoms with van der Waals surface area (Å²) >= 11 is 0. The van der Waals surface area contributed by atoms with Crippen LogP contribution in [-0.2, 0) is 21.7 Å². The van der Waals surface area contributed by atoms with Crippen LogP contribution in [0.1, 0.15) is 105 Å². The van der Waals surface area contributed by atoms with Crippen LogP contribution in [0.4, 0.5) is 34.1 Å². The van der Waals surface area contributed by atoms with Crippen LogP contribution in [0.25, 0.3) is 44.5 Å². The molecule has 0 radical (unpaired) electrons. The first kappa shape index (κ1) is 47.9. The van der Waals surface area contributed by atoms with Crippen molar-refractivity contribution in [3.8, 4) is 44.5 Å². The molecule has 0 N–H and O–H groups in total. The largest absolute Gasteiger partial charge is 0.311 e. The summed E-state index contributed by atoms with van der Waals surface area (Å²) in [6, 6.07) is 76.1. The smallest absolute Gasteiger partial charge is 0.252 e. The number of anilines is 6. The third-order valence-electron chi connectivity index (χ3n) is 15.5. The Labute approximate surface area is 436 Å². The summed E-state index contributed by atoms with van der Waals surface area (Å²) in [5.74, 6) is 0. The van der Waals surface area contributed by atoms with Crippen LogP contribution in [-0.4, -0.2) is 6.71 Å². The van der Waals surface area contributed by atoms with Crippen LogP contribution >= 0.6 is 0 Å². The summed E-state index contributed by atoms with van der Waals surface area (Å²) in [4.78, 5) is 5.26. The van der Waals surface area contributed by atoms with Crippen LogP contribution in [0.5, 0.6) is 0 Å². The van der Waals surface area contributed by atoms with Gasteiger partial charge in [-0.3, -0.25) is 0 Å². The van der Waals surface area contributed by atoms with Crippen molar-refractivity contribution in [2.24, 2.45) is 0 Å². The van der Waals surface area contributed by atoms with Gasteiger partial charge in [-0.15, -0.1) is 0 Å². The van der Waals surface area contributed by atoms with E-state index in [1.165, 1.54) is 112 Å². The number of benzene rings is 9. The van der Waals surface area contributed by atoms with E-state index in [-0.39, 0.29) is 28.4 Å². The Balaban J connectivity index is 1.28. The lowest BCUT2D eigenvalue weighted by atomic mass is 9.33. The Morgan fingerprint density at radius 3 is 1.33 bits per heavy atom. The molecule has 2 aliphatic rings. The van der Waals surface area contributed by atoms with Crippen LogP contribution in [0.3, 0.4) is 0 Å². The number of hydrogen-bond acceptors (Lipinski definition) is 2. The first-order chi connectivity index (χ1) is 34.8. The van der Waals surface area contributed by atoms with Crippen LogP contribution in [0.2, 0.25) is 0 Å². The molecule has 0 amide bonds. The fourth-order valence-corrected chi connectivity index (χ4v) is 11.4. The number of nitrogens with zero attached hydrogens (tertiary/aromatic N) is 2. The van der Waals surface area contributed by atoms with Crippen molar-refractivity contribution < 1.29 is 0 Å². The van der Waals surface area contributed by atoms with E-state index in [1.54, 1.807) is 0 Å². The van der Waals surface area contributed by atoms with Gasteiger partial charge in [0.05, 0.1) is 5.69 Å². The molecular formula is C70H69BN2. The van der Waals surface area contributed by atoms with Crippen molar-refractivity contribution in [1.29, 1.82) is 0 Å². The van der Waals surface area contributed by atoms with Gasteiger partial charge in [-0.25, -0.2) is 0 Å². The highest BCUT2D eigenvalue weighted by atomic mass is 15.2. The molecule has 0 saturated heterocycles. The zero-order valence-electron chi connectivity index (χ0n) is 45.0. The maximum Gasteiger partial charge on any atom is 0.252 e. The zero-order chi connectivity index (χ0) is 51.2. The number of rotatable bonds is 6. The van der Waals surface area contributed by atoms with Crippen LogP contribution in [0.15, 0.2) is 200 Å². The molecule has 73 heavy (non-hydrogen) atoms. The molecule has 2 nitrogen and oxygen atoms in total. The van der Waals surface area contributed by atoms with E-state index in [0.29, 0.717) is 0 Å². The average molecular weight is 949 g/mol. The quantitative estimate of drug-likeness (QED) is 0.153. The standard InChI is InChI=1S/C70H69BN2/c1-67(2,3)51-34-38-55(58(42-51)70(10,11)12)50-33-40-61-60(41-50)71-59-39-35-52(68(4,5)6)43-62(59)72(54-36-31-47(32-37-54)46-23-16-13-17-24-46)63-44-53(69(7,8)9)45-64(65(63)71)73(61)66-56(48-25-18-14-19-26-48)29-22-30-57(66)49-27-20-15-21-28-49/h13-45H,1-12H3. The van der Waals surface area contributed by atoms with Gasteiger partial charge >= 0.3 is 0 Å². The molecule has 9 aromatic rings. The molecule has 9 aromatic carbocycles. The molecule has 0 aliphatic carbocycles. The summed E-state index contributed by atoms with van der Waals surface area (Å²) in [7, 11) is 0. The lowest BCUT2D eigenvalue weighted by Gasteiger charge is -2.46. The Hall–Kier alpha value is -7.36. The summed E-state index contributed by atoms with van der Waals surface area (Å²) < 4.78 is 0. The van der Waals surface area contributed by atoms with Crippen molar-refractivity contribution >= 4 is 57.2 Å². The molecule has 0 spiro atoms. The fourth-order valence-electron chi connectivity index (χ4n) is 11.4. The first-order valence-electron chi connectivity index (χ1n) is 26.4. The van der Waals surface area contributed by atoms with Gasteiger partial charge in [-0.1, -0.05) is 247 Å². The molecule has 0 atom stereocenters. The minimum absolute atomic E-state index is 0.0228. The van der Waals surface area contributed by atoms with Crippen LogP contribution < -0.4 is 26.2 Å². The second-order valence-corrected chi connectivity index (χ2v) is 24.7. The monoisotopic (exact) mass is 949 g/mol. The lowest BCUT2D eigenvalue weighted by molar-refractivity contribution is 0.570. The molecule has 0 unspecified atom stereocenters. The van der Waals surface area contributed by atoms with E-state index in [1.807, 2.05) is 0 Å². The van der Waals surface area contributed by atoms with Crippen molar-refractivity contribution in [1.82, 2.24) is 0 Å². The molecule has 0 fully saturated rings. The second kappa shape index (κ2) is 17.7. The SMILES string of the molecule is CC(C)(C)c1ccc2c(c1)N(c1ccc(-c3ccccc3)cc1)c1cc(C(C)(C)C)cc3c1B2c1cc(-c2ccc(C(C)(C)C)cc2C(C)(C)C)ccc1N3c1c(-c2ccccc2)cccc1-c1ccccc1. The third kappa shape index (κ3) is 8.61. The van der Waals surface area contributed by atoms with Crippen LogP contribution in [0, 0.1) is 0 Å². The highest BCUT2D eigenvalue weighted by Crippen LogP contribution is 2.52. The minimum atomic E-state index is -0.170. The predicted molar refractivity (Wildman–Crippen MR) is 317 cm³/mol. The average Bonchev–Trinajstić information content (AvgIpc) is 3.37. The number of fused-ring (bicyclic) bond motifs is 4. The van der Waals surface area contributed by atoms with Crippen molar-refractivity contribution in [3.63, 3.8) is 0 Å². The van der Waals surface area contributed by atoms with Gasteiger partial charge in [0.15, 0.2) is 0 Å². The van der Waals surface area contributed by atoms with E-state index in [9.17, 15) is 0 Å². The Morgan fingerprint density at radius 1 is 0.301 bits per heavy atom. The number of para-hydroxylation sites is 1. The molecular weight excluding hydrogens is 880 g/mol. The van der Waals surface area contributed by atoms with Gasteiger partial charge in [0, 0.05) is 39.6 Å². The van der Waals surface area contributed by atoms with Crippen molar-refractivity contribution in [2.45, 2.75) is 105 Å². The van der Waals surface area contributed by atoms with Crippen molar-refractivity contribution in [3.05, 3.63) is 222 Å². The van der Waals surface area contributed by atoms with Gasteiger partial charge in [0.25, 0.3) is 6.71 Å². The highest BCUT2D eigenvalue weighted by Gasteiger charge is 2.45. The summed E-state index contributed by atoms with van der Waals surface area (Å²) in [6.45, 7) is 28.1. The molecule has 2 heterocycles. The summed E-state index contributed by atoms with van der Waals surface area (Å²) in [5, 5.41) is 0. The molecule has 11 rings (SSSR count). The van der Waals surface area contributed by atoms with Gasteiger partial charge in [0.1, 0.15) is 0 Å². The van der Waals surface area contributed by atoms with Gasteiger partial charge in [0.2, 0.25) is 0 Å².